The molecule has 0 spiro atoms. The van der Waals surface area contributed by atoms with Crippen LogP contribution in [-0.4, -0.2) is 24.2 Å². The van der Waals surface area contributed by atoms with Crippen LogP contribution in [0.15, 0.2) is 24.3 Å². The van der Waals surface area contributed by atoms with Crippen molar-refractivity contribution in [1.29, 1.82) is 0 Å². The molecule has 0 aliphatic carbocycles. The van der Waals surface area contributed by atoms with Gasteiger partial charge in [-0.25, -0.2) is 0 Å². The Balaban J connectivity index is 2.80. The van der Waals surface area contributed by atoms with Crippen molar-refractivity contribution in [2.45, 2.75) is 6.42 Å². The zero-order valence-corrected chi connectivity index (χ0v) is 8.84. The van der Waals surface area contributed by atoms with E-state index in [0.717, 1.165) is 5.56 Å². The first-order valence-corrected chi connectivity index (χ1v) is 4.69. The van der Waals surface area contributed by atoms with Crippen LogP contribution in [0.1, 0.15) is 5.56 Å². The molecular formula is C11H13NO4. The summed E-state index contributed by atoms with van der Waals surface area (Å²) >= 11 is 0. The van der Waals surface area contributed by atoms with E-state index in [-0.39, 0.29) is 6.42 Å². The van der Waals surface area contributed by atoms with Gasteiger partial charge in [0.05, 0.1) is 7.11 Å². The summed E-state index contributed by atoms with van der Waals surface area (Å²) in [4.78, 5) is 22.0. The smallest absolute Gasteiger partial charge is 0.320 e. The van der Waals surface area contributed by atoms with Gasteiger partial charge in [-0.05, 0) is 24.1 Å². The number of carbonyl (C=O) groups is 2. The average molecular weight is 223 g/mol. The fourth-order valence-electron chi connectivity index (χ4n) is 1.30. The number of rotatable bonds is 4. The molecule has 1 aromatic rings. The predicted octanol–water partition coefficient (Wildman–Crippen LogP) is 0.685. The first-order valence-electron chi connectivity index (χ1n) is 4.69. The fourth-order valence-corrected chi connectivity index (χ4v) is 1.30. The molecule has 0 aromatic heterocycles. The lowest BCUT2D eigenvalue weighted by atomic mass is 9.99. The Kier molecular flexibility index (Phi) is 3.88. The molecule has 0 amide bonds. The standard InChI is InChI=1S/C11H13NO4/c1-16-11(15)9(10(13)14)6-7-2-4-8(12)5-3-7/h2-5,9H,6,12H2,1H3,(H,13,14). The highest BCUT2D eigenvalue weighted by molar-refractivity contribution is 5.94. The molecule has 1 unspecified atom stereocenters. The summed E-state index contributed by atoms with van der Waals surface area (Å²) in [6.07, 6.45) is 0.0995. The number of esters is 1. The largest absolute Gasteiger partial charge is 0.481 e. The number of nitrogens with two attached hydrogens (primary N) is 1. The molecule has 0 bridgehead atoms. The van der Waals surface area contributed by atoms with Crippen LogP contribution in [0.25, 0.3) is 0 Å². The highest BCUT2D eigenvalue weighted by atomic mass is 16.5. The van der Waals surface area contributed by atoms with E-state index in [1.807, 2.05) is 0 Å². The second-order valence-electron chi connectivity index (χ2n) is 3.36. The SMILES string of the molecule is COC(=O)C(Cc1ccc(N)cc1)C(=O)O. The second kappa shape index (κ2) is 5.16. The van der Waals surface area contributed by atoms with Crippen LogP contribution in [0.4, 0.5) is 5.69 Å². The highest BCUT2D eigenvalue weighted by Gasteiger charge is 2.27. The molecule has 0 radical (unpaired) electrons. The van der Waals surface area contributed by atoms with Gasteiger partial charge in [0.25, 0.3) is 0 Å². The van der Waals surface area contributed by atoms with Crippen molar-refractivity contribution in [1.82, 2.24) is 0 Å². The number of carbonyl (C=O) groups excluding carboxylic acids is 1. The van der Waals surface area contributed by atoms with Crippen LogP contribution in [0.2, 0.25) is 0 Å². The van der Waals surface area contributed by atoms with E-state index < -0.39 is 17.9 Å². The Morgan fingerprint density at radius 1 is 1.38 bits per heavy atom. The molecule has 16 heavy (non-hydrogen) atoms. The van der Waals surface area contributed by atoms with E-state index >= 15 is 0 Å². The van der Waals surface area contributed by atoms with Gasteiger partial charge in [0, 0.05) is 5.69 Å². The van der Waals surface area contributed by atoms with E-state index in [1.165, 1.54) is 7.11 Å². The van der Waals surface area contributed by atoms with Crippen molar-refractivity contribution in [3.8, 4) is 0 Å². The molecule has 0 fully saturated rings. The van der Waals surface area contributed by atoms with Gasteiger partial charge in [-0.2, -0.15) is 0 Å². The molecule has 5 heteroatoms. The van der Waals surface area contributed by atoms with Gasteiger partial charge in [0.2, 0.25) is 0 Å². The summed E-state index contributed by atoms with van der Waals surface area (Å²) in [6.45, 7) is 0. The van der Waals surface area contributed by atoms with Crippen molar-refractivity contribution in [3.63, 3.8) is 0 Å². The third-order valence-electron chi connectivity index (χ3n) is 2.20. The van der Waals surface area contributed by atoms with Crippen LogP contribution in [0.3, 0.4) is 0 Å². The number of nitrogen functional groups attached to an aromatic ring is 1. The summed E-state index contributed by atoms with van der Waals surface area (Å²) in [6, 6.07) is 6.69. The second-order valence-corrected chi connectivity index (χ2v) is 3.36. The number of carboxylic acid groups (broad SMARTS) is 1. The maximum atomic E-state index is 11.2. The number of hydrogen-bond acceptors (Lipinski definition) is 4. The van der Waals surface area contributed by atoms with Crippen LogP contribution < -0.4 is 5.73 Å². The van der Waals surface area contributed by atoms with Gasteiger partial charge in [-0.3, -0.25) is 9.59 Å². The van der Waals surface area contributed by atoms with Crippen molar-refractivity contribution in [3.05, 3.63) is 29.8 Å². The summed E-state index contributed by atoms with van der Waals surface area (Å²) in [7, 11) is 1.17. The highest BCUT2D eigenvalue weighted by Crippen LogP contribution is 2.12. The zero-order chi connectivity index (χ0) is 12.1. The maximum Gasteiger partial charge on any atom is 0.320 e. The summed E-state index contributed by atoms with van der Waals surface area (Å²) in [5.74, 6) is -3.11. The van der Waals surface area contributed by atoms with Gasteiger partial charge < -0.3 is 15.6 Å². The zero-order valence-electron chi connectivity index (χ0n) is 8.84. The molecule has 3 N–H and O–H groups in total. The Bertz CT molecular complexity index is 385. The third kappa shape index (κ3) is 2.98. The summed E-state index contributed by atoms with van der Waals surface area (Å²) in [5.41, 5.74) is 6.82. The average Bonchev–Trinajstić information content (AvgIpc) is 2.27. The van der Waals surface area contributed by atoms with E-state index in [9.17, 15) is 9.59 Å². The molecule has 86 valence electrons. The minimum atomic E-state index is -1.19. The molecule has 0 aliphatic heterocycles. The Morgan fingerprint density at radius 2 is 1.94 bits per heavy atom. The molecule has 0 heterocycles. The number of anilines is 1. The monoisotopic (exact) mass is 223 g/mol. The Morgan fingerprint density at radius 3 is 2.38 bits per heavy atom. The van der Waals surface area contributed by atoms with Gasteiger partial charge in [0.1, 0.15) is 0 Å². The van der Waals surface area contributed by atoms with Crippen LogP contribution >= 0.6 is 0 Å². The fraction of sp³-hybridized carbons (Fsp3) is 0.273. The normalized spacial score (nSPS) is 11.8. The van der Waals surface area contributed by atoms with E-state index in [2.05, 4.69) is 4.74 Å². The third-order valence-corrected chi connectivity index (χ3v) is 2.20. The van der Waals surface area contributed by atoms with Gasteiger partial charge in [-0.1, -0.05) is 12.1 Å². The lowest BCUT2D eigenvalue weighted by Gasteiger charge is -2.09. The number of carboxylic acids is 1. The van der Waals surface area contributed by atoms with Crippen LogP contribution in [0.5, 0.6) is 0 Å². The minimum Gasteiger partial charge on any atom is -0.481 e. The summed E-state index contributed by atoms with van der Waals surface area (Å²) < 4.78 is 4.43. The number of aliphatic carboxylic acids is 1. The van der Waals surface area contributed by atoms with Gasteiger partial charge in [-0.15, -0.1) is 0 Å². The molecular weight excluding hydrogens is 210 g/mol. The van der Waals surface area contributed by atoms with Crippen molar-refractivity contribution in [2.75, 3.05) is 12.8 Å². The number of ether oxygens (including phenoxy) is 1. The first kappa shape index (κ1) is 12.0. The molecule has 1 rings (SSSR count). The number of methoxy groups -OCH3 is 1. The first-order chi connectivity index (χ1) is 7.54. The lowest BCUT2D eigenvalue weighted by molar-refractivity contribution is -0.156. The molecule has 1 aromatic carbocycles. The minimum absolute atomic E-state index is 0.0995. The van der Waals surface area contributed by atoms with Crippen molar-refractivity contribution >= 4 is 17.6 Å². The topological polar surface area (TPSA) is 89.6 Å². The summed E-state index contributed by atoms with van der Waals surface area (Å²) in [5, 5.41) is 8.87. The van der Waals surface area contributed by atoms with Crippen molar-refractivity contribution < 1.29 is 19.4 Å². The van der Waals surface area contributed by atoms with Gasteiger partial charge in [0.15, 0.2) is 5.92 Å². The van der Waals surface area contributed by atoms with E-state index in [1.54, 1.807) is 24.3 Å². The van der Waals surface area contributed by atoms with Crippen LogP contribution in [0, 0.1) is 5.92 Å². The quantitative estimate of drug-likeness (QED) is 0.445. The molecule has 0 saturated carbocycles. The maximum absolute atomic E-state index is 11.2. The van der Waals surface area contributed by atoms with E-state index in [0.29, 0.717) is 5.69 Å². The molecule has 1 atom stereocenters. The molecule has 0 aliphatic rings. The molecule has 0 saturated heterocycles. The lowest BCUT2D eigenvalue weighted by Crippen LogP contribution is -2.27. The van der Waals surface area contributed by atoms with E-state index in [4.69, 9.17) is 10.8 Å². The van der Waals surface area contributed by atoms with Crippen molar-refractivity contribution in [2.24, 2.45) is 5.92 Å². The predicted molar refractivity (Wildman–Crippen MR) is 57.7 cm³/mol. The number of hydrogen-bond donors (Lipinski definition) is 2. The number of benzene rings is 1. The van der Waals surface area contributed by atoms with Gasteiger partial charge >= 0.3 is 11.9 Å². The Labute approximate surface area is 92.8 Å². The molecule has 5 nitrogen and oxygen atoms in total. The van der Waals surface area contributed by atoms with Crippen LogP contribution in [-0.2, 0) is 20.7 Å². The Hall–Kier alpha value is -2.04.